The van der Waals surface area contributed by atoms with E-state index in [9.17, 15) is 19.1 Å². The van der Waals surface area contributed by atoms with Crippen molar-refractivity contribution in [2.75, 3.05) is 7.11 Å². The summed E-state index contributed by atoms with van der Waals surface area (Å²) in [4.78, 5) is 33.8. The normalized spacial score (nSPS) is 11.0. The van der Waals surface area contributed by atoms with Gasteiger partial charge in [-0.1, -0.05) is 12.1 Å². The van der Waals surface area contributed by atoms with Crippen LogP contribution in [0.1, 0.15) is 32.9 Å². The molecule has 0 saturated heterocycles. The van der Waals surface area contributed by atoms with Gasteiger partial charge in [-0.05, 0) is 36.2 Å². The first-order chi connectivity index (χ1) is 15.4. The monoisotopic (exact) mass is 437 g/mol. The highest BCUT2D eigenvalue weighted by atomic mass is 19.1. The minimum Gasteiger partial charge on any atom is -0.507 e. The molecule has 1 aromatic carbocycles. The number of rotatable bonds is 6. The summed E-state index contributed by atoms with van der Waals surface area (Å²) in [5.74, 6) is -0.781. The summed E-state index contributed by atoms with van der Waals surface area (Å²) < 4.78 is 19.4. The van der Waals surface area contributed by atoms with Crippen LogP contribution in [0.2, 0.25) is 0 Å². The molecule has 0 aliphatic rings. The average molecular weight is 437 g/mol. The number of H-pyrrole nitrogens is 1. The molecular weight excluding hydrogens is 417 g/mol. The number of pyridine rings is 2. The molecule has 0 aliphatic heterocycles. The summed E-state index contributed by atoms with van der Waals surface area (Å²) >= 11 is 0. The highest BCUT2D eigenvalue weighted by Crippen LogP contribution is 2.24. The first-order valence-electron chi connectivity index (χ1n) is 9.72. The number of halogens is 1. The number of benzene rings is 1. The Hall–Kier alpha value is -4.21. The van der Waals surface area contributed by atoms with Crippen molar-refractivity contribution in [2.24, 2.45) is 0 Å². The lowest BCUT2D eigenvalue weighted by atomic mass is 10.0. The molecule has 3 heterocycles. The molecule has 0 saturated carbocycles. The van der Waals surface area contributed by atoms with Crippen LogP contribution in [-0.4, -0.2) is 37.7 Å². The van der Waals surface area contributed by atoms with Crippen LogP contribution in [0.3, 0.4) is 0 Å². The van der Waals surface area contributed by atoms with Crippen LogP contribution in [0.4, 0.5) is 4.39 Å². The first-order valence-corrected chi connectivity index (χ1v) is 9.72. The van der Waals surface area contributed by atoms with Crippen LogP contribution in [0.25, 0.3) is 5.65 Å². The molecule has 9 nitrogen and oxygen atoms in total. The molecule has 3 aromatic heterocycles. The number of hydrogen-bond acceptors (Lipinski definition) is 6. The second-order valence-electron chi connectivity index (χ2n) is 7.18. The number of carbonyl (C=O) groups is 1. The van der Waals surface area contributed by atoms with Crippen LogP contribution >= 0.6 is 0 Å². The molecule has 32 heavy (non-hydrogen) atoms. The first kappa shape index (κ1) is 21.0. The maximum atomic E-state index is 13.2. The highest BCUT2D eigenvalue weighted by molar-refractivity contribution is 5.91. The Labute approximate surface area is 181 Å². The Morgan fingerprint density at radius 2 is 2.00 bits per heavy atom. The number of amides is 1. The number of methoxy groups -OCH3 is 1. The summed E-state index contributed by atoms with van der Waals surface area (Å²) in [6, 6.07) is 9.07. The fraction of sp³-hybridized carbons (Fsp3) is 0.182. The third-order valence-corrected chi connectivity index (χ3v) is 5.06. The van der Waals surface area contributed by atoms with Crippen molar-refractivity contribution in [1.29, 1.82) is 0 Å². The summed E-state index contributed by atoms with van der Waals surface area (Å²) in [6.07, 6.45) is 1.66. The Kier molecular flexibility index (Phi) is 5.59. The Bertz CT molecular complexity index is 1360. The van der Waals surface area contributed by atoms with Gasteiger partial charge in [0.2, 0.25) is 11.7 Å². The van der Waals surface area contributed by atoms with Crippen LogP contribution in [0, 0.1) is 12.7 Å². The molecule has 0 radical (unpaired) electrons. The molecule has 0 aliphatic carbocycles. The zero-order valence-corrected chi connectivity index (χ0v) is 17.3. The van der Waals surface area contributed by atoms with Crippen molar-refractivity contribution in [3.05, 3.63) is 86.8 Å². The molecule has 4 aromatic rings. The molecule has 0 spiro atoms. The van der Waals surface area contributed by atoms with E-state index in [2.05, 4.69) is 20.4 Å². The summed E-state index contributed by atoms with van der Waals surface area (Å²) in [7, 11) is 1.50. The maximum Gasteiger partial charge on any atom is 0.288 e. The van der Waals surface area contributed by atoms with Gasteiger partial charge < -0.3 is 15.2 Å². The van der Waals surface area contributed by atoms with Crippen LogP contribution in [-0.2, 0) is 13.0 Å². The van der Waals surface area contributed by atoms with Gasteiger partial charge in [0, 0.05) is 30.8 Å². The Morgan fingerprint density at radius 3 is 2.72 bits per heavy atom. The van der Waals surface area contributed by atoms with Crippen molar-refractivity contribution in [3.63, 3.8) is 0 Å². The van der Waals surface area contributed by atoms with Gasteiger partial charge >= 0.3 is 0 Å². The predicted octanol–water partition coefficient (Wildman–Crippen LogP) is 2.10. The van der Waals surface area contributed by atoms with Gasteiger partial charge in [0.05, 0.1) is 12.7 Å². The van der Waals surface area contributed by atoms with Gasteiger partial charge in [0.25, 0.3) is 11.5 Å². The number of hydrogen-bond donors (Lipinski definition) is 3. The van der Waals surface area contributed by atoms with E-state index >= 15 is 0 Å². The number of fused-ring (bicyclic) bond motifs is 1. The van der Waals surface area contributed by atoms with E-state index in [0.29, 0.717) is 17.0 Å². The third-order valence-electron chi connectivity index (χ3n) is 5.06. The van der Waals surface area contributed by atoms with E-state index in [4.69, 9.17) is 4.74 Å². The van der Waals surface area contributed by atoms with Crippen molar-refractivity contribution >= 4 is 11.6 Å². The molecule has 1 amide bonds. The number of carbonyl (C=O) groups excluding carboxylic acids is 1. The summed E-state index contributed by atoms with van der Waals surface area (Å²) in [5.41, 5.74) is 1.49. The topological polar surface area (TPSA) is 122 Å². The largest absolute Gasteiger partial charge is 0.507 e. The van der Waals surface area contributed by atoms with E-state index in [0.717, 1.165) is 10.1 Å². The zero-order chi connectivity index (χ0) is 22.8. The highest BCUT2D eigenvalue weighted by Gasteiger charge is 2.20. The average Bonchev–Trinajstić information content (AvgIpc) is 3.26. The molecule has 164 valence electrons. The molecule has 0 unspecified atom stereocenters. The molecule has 0 bridgehead atoms. The van der Waals surface area contributed by atoms with E-state index in [-0.39, 0.29) is 35.8 Å². The fourth-order valence-corrected chi connectivity index (χ4v) is 3.31. The minimum absolute atomic E-state index is 0.0791. The lowest BCUT2D eigenvalue weighted by Crippen LogP contribution is -2.25. The predicted molar refractivity (Wildman–Crippen MR) is 113 cm³/mol. The Balaban J connectivity index is 1.62. The van der Waals surface area contributed by atoms with E-state index in [1.165, 1.54) is 19.2 Å². The van der Waals surface area contributed by atoms with Crippen molar-refractivity contribution in [3.8, 4) is 11.6 Å². The number of nitrogens with zero attached hydrogens (tertiary/aromatic N) is 3. The molecule has 0 atom stereocenters. The van der Waals surface area contributed by atoms with Crippen LogP contribution in [0.15, 0.2) is 47.4 Å². The number of aryl methyl sites for hydroxylation is 1. The second kappa shape index (κ2) is 8.50. The molecular formula is C22H20FN5O4. The van der Waals surface area contributed by atoms with Gasteiger partial charge in [-0.2, -0.15) is 4.52 Å². The number of aromatic amines is 1. The molecule has 4 rings (SSSR count). The fourth-order valence-electron chi connectivity index (χ4n) is 3.31. The van der Waals surface area contributed by atoms with Gasteiger partial charge in [0.1, 0.15) is 11.6 Å². The summed E-state index contributed by atoms with van der Waals surface area (Å²) in [5, 5.41) is 16.0. The van der Waals surface area contributed by atoms with E-state index in [1.807, 2.05) is 0 Å². The lowest BCUT2D eigenvalue weighted by molar-refractivity contribution is 0.0940. The molecule has 3 N–H and O–H groups in total. The second-order valence-corrected chi connectivity index (χ2v) is 7.18. The van der Waals surface area contributed by atoms with Crippen molar-refractivity contribution < 1.29 is 19.0 Å². The Morgan fingerprint density at radius 1 is 1.25 bits per heavy atom. The van der Waals surface area contributed by atoms with E-state index in [1.54, 1.807) is 37.4 Å². The molecule has 10 heteroatoms. The van der Waals surface area contributed by atoms with Crippen molar-refractivity contribution in [2.45, 2.75) is 19.9 Å². The van der Waals surface area contributed by atoms with Gasteiger partial charge in [-0.15, -0.1) is 0 Å². The van der Waals surface area contributed by atoms with E-state index < -0.39 is 17.3 Å². The minimum atomic E-state index is -0.544. The van der Waals surface area contributed by atoms with Crippen molar-refractivity contribution in [1.82, 2.24) is 24.9 Å². The number of ether oxygens (including phenoxy) is 1. The number of aromatic nitrogens is 4. The zero-order valence-electron chi connectivity index (χ0n) is 17.3. The standard InChI is InChI=1S/C22H20FN5O4/c1-12-18(29)16(9-13-3-5-15(23)6-4-13)22(31)28-20(12)26-19(27-28)21(30)25-11-14-7-8-24-17(10-14)32-2/h3-8,10,29H,9,11H2,1-2H3,(H,25,30)(H,26,27). The molecule has 0 fully saturated rings. The van der Waals surface area contributed by atoms with Crippen LogP contribution < -0.4 is 15.6 Å². The number of aromatic hydroxyl groups is 1. The van der Waals surface area contributed by atoms with Gasteiger partial charge in [-0.25, -0.2) is 14.4 Å². The lowest BCUT2D eigenvalue weighted by Gasteiger charge is -2.08. The maximum absolute atomic E-state index is 13.2. The van der Waals surface area contributed by atoms with Crippen LogP contribution in [0.5, 0.6) is 11.6 Å². The van der Waals surface area contributed by atoms with Gasteiger partial charge in [0.15, 0.2) is 5.65 Å². The SMILES string of the molecule is COc1cc(CNC(=O)c2nc3c(C)c(O)c(Cc4ccc(F)cc4)c(=O)n3[nH]2)ccn1. The van der Waals surface area contributed by atoms with Gasteiger partial charge in [-0.3, -0.25) is 14.7 Å². The quantitative estimate of drug-likeness (QED) is 0.425. The third kappa shape index (κ3) is 4.02. The summed E-state index contributed by atoms with van der Waals surface area (Å²) in [6.45, 7) is 1.80. The number of nitrogens with one attached hydrogen (secondary N) is 2. The smallest absolute Gasteiger partial charge is 0.288 e.